The van der Waals surface area contributed by atoms with Gasteiger partial charge in [0.25, 0.3) is 6.71 Å². The van der Waals surface area contributed by atoms with E-state index in [1.54, 1.807) is 0 Å². The molecule has 2 aliphatic heterocycles. The zero-order valence-corrected chi connectivity index (χ0v) is 38.7. The second-order valence-electron chi connectivity index (χ2n) is 21.3. The number of nitrogens with zero attached hydrogens (tertiary/aromatic N) is 2. The lowest BCUT2D eigenvalue weighted by Crippen LogP contribution is -2.61. The summed E-state index contributed by atoms with van der Waals surface area (Å²) in [4.78, 5) is 5.09. The molecule has 2 heterocycles. The van der Waals surface area contributed by atoms with Crippen molar-refractivity contribution >= 4 is 62.8 Å². The molecule has 0 aromatic heterocycles. The highest BCUT2D eigenvalue weighted by Gasteiger charge is 2.45. The molecule has 2 aliphatic rings. The predicted molar refractivity (Wildman–Crippen MR) is 269 cm³/mol. The average molecular weight is 799 g/mol. The third-order valence-electron chi connectivity index (χ3n) is 12.8. The van der Waals surface area contributed by atoms with Crippen molar-refractivity contribution in [1.82, 2.24) is 0 Å². The fraction of sp³-hybridized carbons (Fsp3) is 0.276. The molecule has 3 heteroatoms. The lowest BCUT2D eigenvalue weighted by Gasteiger charge is -2.45. The van der Waals surface area contributed by atoms with Gasteiger partial charge in [-0.25, -0.2) is 0 Å². The van der Waals surface area contributed by atoms with E-state index >= 15 is 0 Å². The Kier molecular flexibility index (Phi) is 10.3. The first-order valence-corrected chi connectivity index (χ1v) is 22.0. The molecule has 0 N–H and O–H groups in total. The largest absolute Gasteiger partial charge is 0.311 e. The number of benzene rings is 6. The Morgan fingerprint density at radius 2 is 0.918 bits per heavy atom. The second-order valence-corrected chi connectivity index (χ2v) is 21.3. The number of rotatable bonds is 6. The van der Waals surface area contributed by atoms with Crippen molar-refractivity contribution in [2.24, 2.45) is 0 Å². The van der Waals surface area contributed by atoms with E-state index in [0.29, 0.717) is 0 Å². The maximum atomic E-state index is 4.27. The summed E-state index contributed by atoms with van der Waals surface area (Å²) < 4.78 is 0. The molecule has 0 saturated carbocycles. The minimum absolute atomic E-state index is 0.00646. The van der Waals surface area contributed by atoms with Crippen molar-refractivity contribution in [2.75, 3.05) is 9.80 Å². The molecule has 0 amide bonds. The van der Waals surface area contributed by atoms with Gasteiger partial charge in [-0.2, -0.15) is 0 Å². The normalized spacial score (nSPS) is 14.0. The van der Waals surface area contributed by atoms with Gasteiger partial charge in [0.1, 0.15) is 0 Å². The molecule has 0 spiro atoms. The topological polar surface area (TPSA) is 6.48 Å². The van der Waals surface area contributed by atoms with Crippen LogP contribution in [0, 0.1) is 0 Å². The molecule has 0 aliphatic carbocycles. The Labute approximate surface area is 367 Å². The van der Waals surface area contributed by atoms with Crippen LogP contribution >= 0.6 is 0 Å². The molecule has 6 aromatic carbocycles. The summed E-state index contributed by atoms with van der Waals surface area (Å²) in [5, 5.41) is 0. The van der Waals surface area contributed by atoms with Gasteiger partial charge in [-0.05, 0) is 119 Å². The van der Waals surface area contributed by atoms with Crippen LogP contribution in [-0.4, -0.2) is 6.71 Å². The van der Waals surface area contributed by atoms with Crippen molar-refractivity contribution in [1.29, 1.82) is 0 Å². The first-order chi connectivity index (χ1) is 28.7. The minimum Gasteiger partial charge on any atom is -0.311 e. The summed E-state index contributed by atoms with van der Waals surface area (Å²) in [6.07, 6.45) is 5.88. The van der Waals surface area contributed by atoms with Gasteiger partial charge < -0.3 is 9.80 Å². The number of hydrogen-bond acceptors (Lipinski definition) is 2. The molecule has 2 nitrogen and oxygen atoms in total. The number of anilines is 6. The standard InChI is InChI=1S/C58H63BN2/c1-15-19-38(16-2)46-20-17-18-21-49(46)61-51-33-29-44(58(12,13)14)37-48(51)59-47-36-43(57(9,10)11)28-32-50(47)60(45-30-26-42(27-31-45)56(6,7)8)52-34-40(35-53(61)54(52)59)39-22-24-41(25-23-39)55(3,4)5/h15-37H,1-2H2,3-14H3/b38-19+. The zero-order valence-electron chi connectivity index (χ0n) is 38.7. The van der Waals surface area contributed by atoms with Crippen LogP contribution in [0.5, 0.6) is 0 Å². The van der Waals surface area contributed by atoms with Gasteiger partial charge in [-0.1, -0.05) is 193 Å². The Balaban J connectivity index is 1.54. The molecular weight excluding hydrogens is 735 g/mol. The van der Waals surface area contributed by atoms with E-state index < -0.39 is 0 Å². The molecule has 0 radical (unpaired) electrons. The minimum atomic E-state index is -0.0434. The Morgan fingerprint density at radius 3 is 1.41 bits per heavy atom. The summed E-state index contributed by atoms with van der Waals surface area (Å²) in [7, 11) is 0. The first-order valence-electron chi connectivity index (χ1n) is 22.0. The van der Waals surface area contributed by atoms with Crippen molar-refractivity contribution in [2.45, 2.75) is 105 Å². The van der Waals surface area contributed by atoms with Crippen LogP contribution in [0.25, 0.3) is 16.7 Å². The highest BCUT2D eigenvalue weighted by molar-refractivity contribution is 7.00. The van der Waals surface area contributed by atoms with Gasteiger partial charge in [0, 0.05) is 34.0 Å². The summed E-state index contributed by atoms with van der Waals surface area (Å²) >= 11 is 0. The van der Waals surface area contributed by atoms with Gasteiger partial charge in [0.15, 0.2) is 0 Å². The number of fused-ring (bicyclic) bond motifs is 4. The molecule has 61 heavy (non-hydrogen) atoms. The lowest BCUT2D eigenvalue weighted by molar-refractivity contribution is 0.590. The molecule has 6 aromatic rings. The van der Waals surface area contributed by atoms with Crippen molar-refractivity contribution in [3.05, 3.63) is 181 Å². The van der Waals surface area contributed by atoms with E-state index in [-0.39, 0.29) is 28.4 Å². The van der Waals surface area contributed by atoms with Gasteiger partial charge in [0.05, 0.1) is 5.69 Å². The third-order valence-corrected chi connectivity index (χ3v) is 12.8. The quantitative estimate of drug-likeness (QED) is 0.122. The van der Waals surface area contributed by atoms with Crippen LogP contribution in [0.2, 0.25) is 0 Å². The Hall–Kier alpha value is -5.80. The summed E-state index contributed by atoms with van der Waals surface area (Å²) in [5.74, 6) is 0. The monoisotopic (exact) mass is 799 g/mol. The smallest absolute Gasteiger partial charge is 0.252 e. The summed E-state index contributed by atoms with van der Waals surface area (Å²) in [6, 6.07) is 46.8. The maximum absolute atomic E-state index is 4.27. The van der Waals surface area contributed by atoms with Gasteiger partial charge in [-0.3, -0.25) is 0 Å². The van der Waals surface area contributed by atoms with Crippen LogP contribution in [0.4, 0.5) is 34.1 Å². The van der Waals surface area contributed by atoms with E-state index in [2.05, 4.69) is 233 Å². The van der Waals surface area contributed by atoms with Crippen LogP contribution in [0.1, 0.15) is 111 Å². The van der Waals surface area contributed by atoms with E-state index in [1.807, 2.05) is 12.2 Å². The molecule has 8 rings (SSSR count). The molecule has 0 atom stereocenters. The van der Waals surface area contributed by atoms with E-state index in [9.17, 15) is 0 Å². The molecular formula is C58H63BN2. The molecule has 0 fully saturated rings. The average Bonchev–Trinajstić information content (AvgIpc) is 3.21. The highest BCUT2D eigenvalue weighted by atomic mass is 15.2. The van der Waals surface area contributed by atoms with E-state index in [0.717, 1.165) is 22.5 Å². The van der Waals surface area contributed by atoms with E-state index in [4.69, 9.17) is 0 Å². The predicted octanol–water partition coefficient (Wildman–Crippen LogP) is 14.4. The fourth-order valence-corrected chi connectivity index (χ4v) is 9.22. The fourth-order valence-electron chi connectivity index (χ4n) is 9.22. The van der Waals surface area contributed by atoms with E-state index in [1.165, 1.54) is 72.5 Å². The molecule has 0 bridgehead atoms. The zero-order chi connectivity index (χ0) is 43.8. The van der Waals surface area contributed by atoms with Crippen molar-refractivity contribution in [3.8, 4) is 11.1 Å². The summed E-state index contributed by atoms with van der Waals surface area (Å²) in [5.41, 5.74) is 20.9. The van der Waals surface area contributed by atoms with Gasteiger partial charge in [0.2, 0.25) is 0 Å². The SMILES string of the molecule is C=C/C=C(\C=C)c1ccccc1N1c2ccc(C(C)(C)C)cc2B2c3cc(C(C)(C)C)ccc3N(c3ccc(C(C)(C)C)cc3)c3cc(-c4ccc(C(C)(C)C)cc4)cc1c32. The van der Waals surface area contributed by atoms with Crippen molar-refractivity contribution in [3.63, 3.8) is 0 Å². The maximum Gasteiger partial charge on any atom is 0.252 e. The van der Waals surface area contributed by atoms with Crippen LogP contribution < -0.4 is 26.2 Å². The number of allylic oxidation sites excluding steroid dienone is 4. The summed E-state index contributed by atoms with van der Waals surface area (Å²) in [6.45, 7) is 36.0. The van der Waals surface area contributed by atoms with Gasteiger partial charge >= 0.3 is 0 Å². The second kappa shape index (κ2) is 15.0. The molecule has 308 valence electrons. The molecule has 0 saturated heterocycles. The first kappa shape index (κ1) is 41.9. The van der Waals surface area contributed by atoms with Crippen molar-refractivity contribution < 1.29 is 0 Å². The Bertz CT molecular complexity index is 2700. The third kappa shape index (κ3) is 7.52. The number of hydrogen-bond donors (Lipinski definition) is 0. The molecule has 0 unspecified atom stereocenters. The van der Waals surface area contributed by atoms with Gasteiger partial charge in [-0.15, -0.1) is 0 Å². The lowest BCUT2D eigenvalue weighted by atomic mass is 9.33. The van der Waals surface area contributed by atoms with Crippen LogP contribution in [0.15, 0.2) is 153 Å². The highest BCUT2D eigenvalue weighted by Crippen LogP contribution is 2.48. The van der Waals surface area contributed by atoms with Crippen LogP contribution in [-0.2, 0) is 21.7 Å². The van der Waals surface area contributed by atoms with Crippen LogP contribution in [0.3, 0.4) is 0 Å². The Morgan fingerprint density at radius 1 is 0.459 bits per heavy atom. The number of para-hydroxylation sites is 1.